The Morgan fingerprint density at radius 3 is 2.43 bits per heavy atom. The smallest absolute Gasteiger partial charge is 0.244 e. The minimum Gasteiger partial charge on any atom is -0.465 e. The van der Waals surface area contributed by atoms with Gasteiger partial charge in [-0.1, -0.05) is 0 Å². The summed E-state index contributed by atoms with van der Waals surface area (Å²) in [5.74, 6) is 1.02. The Kier molecular flexibility index (Phi) is 4.76. The van der Waals surface area contributed by atoms with Crippen LogP contribution in [0.5, 0.6) is 0 Å². The highest BCUT2D eigenvalue weighted by atomic mass is 32.2. The molecule has 6 nitrogen and oxygen atoms in total. The van der Waals surface area contributed by atoms with E-state index < -0.39 is 10.0 Å². The molecule has 114 valence electrons. The Hall–Kier alpha value is -1.70. The fourth-order valence-electron chi connectivity index (χ4n) is 2.19. The average Bonchev–Trinajstić information content (AvgIpc) is 2.73. The van der Waals surface area contributed by atoms with E-state index in [-0.39, 0.29) is 11.4 Å². The van der Waals surface area contributed by atoms with Crippen LogP contribution in [0.2, 0.25) is 0 Å². The molecule has 0 bridgehead atoms. The number of nitrogens with zero attached hydrogens (tertiary/aromatic N) is 1. The molecular weight excluding hydrogens is 290 g/mol. The van der Waals surface area contributed by atoms with Crippen molar-refractivity contribution in [2.24, 2.45) is 0 Å². The van der Waals surface area contributed by atoms with Gasteiger partial charge < -0.3 is 9.73 Å². The number of hydrogen-bond acceptors (Lipinski definition) is 5. The fraction of sp³-hybridized carbons (Fsp3) is 0.357. The van der Waals surface area contributed by atoms with E-state index in [0.717, 1.165) is 5.56 Å². The van der Waals surface area contributed by atoms with E-state index in [0.29, 0.717) is 23.6 Å². The molecule has 0 unspecified atom stereocenters. The van der Waals surface area contributed by atoms with Crippen molar-refractivity contribution in [1.29, 1.82) is 0 Å². The second kappa shape index (κ2) is 6.38. The molecule has 2 heterocycles. The second-order valence-electron chi connectivity index (χ2n) is 4.73. The van der Waals surface area contributed by atoms with Crippen LogP contribution in [-0.4, -0.2) is 20.4 Å². The molecule has 2 aromatic rings. The summed E-state index contributed by atoms with van der Waals surface area (Å²) in [6, 6.07) is 3.54. The van der Waals surface area contributed by atoms with Crippen molar-refractivity contribution in [2.45, 2.75) is 31.8 Å². The van der Waals surface area contributed by atoms with Crippen LogP contribution in [0.4, 0.5) is 0 Å². The normalized spacial score (nSPS) is 11.8. The van der Waals surface area contributed by atoms with E-state index >= 15 is 0 Å². The van der Waals surface area contributed by atoms with E-state index in [4.69, 9.17) is 4.42 Å². The Morgan fingerprint density at radius 1 is 1.14 bits per heavy atom. The molecule has 0 aliphatic rings. The number of aromatic nitrogens is 1. The minimum atomic E-state index is -3.63. The number of pyridine rings is 1. The Morgan fingerprint density at radius 2 is 1.81 bits per heavy atom. The summed E-state index contributed by atoms with van der Waals surface area (Å²) in [6.07, 6.45) is 3.26. The van der Waals surface area contributed by atoms with Gasteiger partial charge in [0.1, 0.15) is 16.4 Å². The summed E-state index contributed by atoms with van der Waals surface area (Å²) >= 11 is 0. The van der Waals surface area contributed by atoms with Crippen molar-refractivity contribution in [2.75, 3.05) is 7.05 Å². The highest BCUT2D eigenvalue weighted by Crippen LogP contribution is 2.26. The maximum absolute atomic E-state index is 12.5. The molecule has 0 aliphatic heterocycles. The van der Waals surface area contributed by atoms with E-state index in [1.807, 2.05) is 0 Å². The molecule has 0 atom stereocenters. The van der Waals surface area contributed by atoms with Crippen molar-refractivity contribution >= 4 is 10.0 Å². The van der Waals surface area contributed by atoms with Crippen LogP contribution in [0, 0.1) is 13.8 Å². The summed E-state index contributed by atoms with van der Waals surface area (Å²) < 4.78 is 33.1. The van der Waals surface area contributed by atoms with E-state index in [9.17, 15) is 8.42 Å². The molecule has 0 saturated carbocycles. The molecule has 2 aromatic heterocycles. The Balaban J connectivity index is 2.27. The third-order valence-corrected chi connectivity index (χ3v) is 4.76. The predicted octanol–water partition coefficient (Wildman–Crippen LogP) is 1.49. The van der Waals surface area contributed by atoms with Gasteiger partial charge in [-0.15, -0.1) is 0 Å². The molecule has 21 heavy (non-hydrogen) atoms. The summed E-state index contributed by atoms with van der Waals surface area (Å²) in [5.41, 5.74) is 1.51. The molecule has 2 rings (SSSR count). The first kappa shape index (κ1) is 15.7. The fourth-order valence-corrected chi connectivity index (χ4v) is 3.66. The molecule has 7 heteroatoms. The van der Waals surface area contributed by atoms with Gasteiger partial charge >= 0.3 is 0 Å². The van der Waals surface area contributed by atoms with Gasteiger partial charge in [0.25, 0.3) is 0 Å². The zero-order valence-electron chi connectivity index (χ0n) is 12.3. The maximum Gasteiger partial charge on any atom is 0.244 e. The van der Waals surface area contributed by atoms with Crippen LogP contribution < -0.4 is 10.0 Å². The van der Waals surface area contributed by atoms with Crippen molar-refractivity contribution in [1.82, 2.24) is 15.0 Å². The molecule has 0 radical (unpaired) electrons. The monoisotopic (exact) mass is 309 g/mol. The Bertz CT molecular complexity index is 709. The standard InChI is InChI=1S/C14H19N3O3S/c1-10-13(9-15-3)14(11(2)20-10)21(18,19)17-8-12-4-6-16-7-5-12/h4-7,15,17H,8-9H2,1-3H3. The molecule has 0 fully saturated rings. The number of hydrogen-bond donors (Lipinski definition) is 2. The third kappa shape index (κ3) is 3.49. The van der Waals surface area contributed by atoms with Gasteiger partial charge in [-0.05, 0) is 38.6 Å². The van der Waals surface area contributed by atoms with Gasteiger partial charge in [-0.25, -0.2) is 13.1 Å². The van der Waals surface area contributed by atoms with Gasteiger partial charge in [0, 0.05) is 31.0 Å². The summed E-state index contributed by atoms with van der Waals surface area (Å²) in [7, 11) is -1.86. The zero-order valence-corrected chi connectivity index (χ0v) is 13.1. The first-order valence-electron chi connectivity index (χ1n) is 6.57. The lowest BCUT2D eigenvalue weighted by Gasteiger charge is -2.08. The second-order valence-corrected chi connectivity index (χ2v) is 6.44. The van der Waals surface area contributed by atoms with Gasteiger partial charge in [0.2, 0.25) is 10.0 Å². The van der Waals surface area contributed by atoms with Crippen LogP contribution >= 0.6 is 0 Å². The molecule has 2 N–H and O–H groups in total. The summed E-state index contributed by atoms with van der Waals surface area (Å²) in [5, 5.41) is 2.96. The molecule has 0 amide bonds. The van der Waals surface area contributed by atoms with Gasteiger partial charge in [-0.2, -0.15) is 0 Å². The van der Waals surface area contributed by atoms with E-state index in [1.54, 1.807) is 45.4 Å². The number of sulfonamides is 1. The molecule has 0 aliphatic carbocycles. The van der Waals surface area contributed by atoms with Gasteiger partial charge in [-0.3, -0.25) is 4.98 Å². The molecule has 0 aromatic carbocycles. The van der Waals surface area contributed by atoms with Gasteiger partial charge in [0.05, 0.1) is 0 Å². The molecular formula is C14H19N3O3S. The van der Waals surface area contributed by atoms with Crippen LogP contribution in [-0.2, 0) is 23.1 Å². The maximum atomic E-state index is 12.5. The van der Waals surface area contributed by atoms with Crippen LogP contribution in [0.15, 0.2) is 33.8 Å². The third-order valence-electron chi connectivity index (χ3n) is 3.16. The van der Waals surface area contributed by atoms with Crippen molar-refractivity contribution in [3.05, 3.63) is 47.2 Å². The topological polar surface area (TPSA) is 84.2 Å². The largest absolute Gasteiger partial charge is 0.465 e. The molecule has 0 saturated heterocycles. The Labute approximate surface area is 124 Å². The zero-order chi connectivity index (χ0) is 15.5. The highest BCUT2D eigenvalue weighted by molar-refractivity contribution is 7.89. The van der Waals surface area contributed by atoms with Crippen molar-refractivity contribution in [3.63, 3.8) is 0 Å². The highest BCUT2D eigenvalue weighted by Gasteiger charge is 2.26. The number of rotatable bonds is 6. The van der Waals surface area contributed by atoms with Crippen LogP contribution in [0.1, 0.15) is 22.6 Å². The summed E-state index contributed by atoms with van der Waals surface area (Å²) in [6.45, 7) is 4.08. The average molecular weight is 309 g/mol. The number of furan rings is 1. The van der Waals surface area contributed by atoms with Gasteiger partial charge in [0.15, 0.2) is 0 Å². The first-order chi connectivity index (χ1) is 9.95. The predicted molar refractivity (Wildman–Crippen MR) is 79.2 cm³/mol. The number of nitrogens with one attached hydrogen (secondary N) is 2. The van der Waals surface area contributed by atoms with Crippen molar-refractivity contribution in [3.8, 4) is 0 Å². The lowest BCUT2D eigenvalue weighted by molar-refractivity contribution is 0.493. The lowest BCUT2D eigenvalue weighted by Crippen LogP contribution is -2.25. The van der Waals surface area contributed by atoms with Crippen molar-refractivity contribution < 1.29 is 12.8 Å². The van der Waals surface area contributed by atoms with Crippen LogP contribution in [0.25, 0.3) is 0 Å². The SMILES string of the molecule is CNCc1c(C)oc(C)c1S(=O)(=O)NCc1ccncc1. The summed E-state index contributed by atoms with van der Waals surface area (Å²) in [4.78, 5) is 4.13. The van der Waals surface area contributed by atoms with E-state index in [1.165, 1.54) is 0 Å². The quantitative estimate of drug-likeness (QED) is 0.844. The lowest BCUT2D eigenvalue weighted by atomic mass is 10.2. The van der Waals surface area contributed by atoms with E-state index in [2.05, 4.69) is 15.0 Å². The number of aryl methyl sites for hydroxylation is 2. The minimum absolute atomic E-state index is 0.216. The first-order valence-corrected chi connectivity index (χ1v) is 8.06. The molecule has 0 spiro atoms. The van der Waals surface area contributed by atoms with Crippen LogP contribution in [0.3, 0.4) is 0 Å².